The van der Waals surface area contributed by atoms with E-state index < -0.39 is 0 Å². The zero-order valence-corrected chi connectivity index (χ0v) is 18.5. The molecule has 1 saturated heterocycles. The van der Waals surface area contributed by atoms with E-state index in [4.69, 9.17) is 19.7 Å². The summed E-state index contributed by atoms with van der Waals surface area (Å²) < 4.78 is 14.3. The van der Waals surface area contributed by atoms with Crippen molar-refractivity contribution in [3.63, 3.8) is 0 Å². The van der Waals surface area contributed by atoms with E-state index in [1.54, 1.807) is 0 Å². The Hall–Kier alpha value is -2.91. The van der Waals surface area contributed by atoms with Crippen molar-refractivity contribution < 1.29 is 9.47 Å². The predicted octanol–water partition coefficient (Wildman–Crippen LogP) is 5.50. The number of fused-ring (bicyclic) bond motifs is 1. The van der Waals surface area contributed by atoms with E-state index in [0.29, 0.717) is 18.1 Å². The van der Waals surface area contributed by atoms with Gasteiger partial charge in [-0.2, -0.15) is 10.4 Å². The largest absolute Gasteiger partial charge is 0.477 e. The fourth-order valence-corrected chi connectivity index (χ4v) is 4.40. The molecule has 3 aromatic rings. The summed E-state index contributed by atoms with van der Waals surface area (Å²) in [5, 5.41) is 13.8. The Morgan fingerprint density at radius 2 is 1.94 bits per heavy atom. The van der Waals surface area contributed by atoms with Gasteiger partial charge in [0, 0.05) is 12.2 Å². The molecule has 0 N–H and O–H groups in total. The summed E-state index contributed by atoms with van der Waals surface area (Å²) >= 11 is 0. The van der Waals surface area contributed by atoms with Gasteiger partial charge in [0.2, 0.25) is 5.88 Å². The highest BCUT2D eigenvalue weighted by Gasteiger charge is 2.22. The average Bonchev–Trinajstić information content (AvgIpc) is 3.55. The molecule has 1 atom stereocenters. The van der Waals surface area contributed by atoms with Gasteiger partial charge in [-0.1, -0.05) is 44.2 Å². The second kappa shape index (κ2) is 9.70. The van der Waals surface area contributed by atoms with Crippen LogP contribution in [-0.2, 0) is 11.3 Å². The first-order valence-corrected chi connectivity index (χ1v) is 11.9. The minimum Gasteiger partial charge on any atom is -0.477 e. The van der Waals surface area contributed by atoms with Crippen molar-refractivity contribution in [2.75, 3.05) is 13.2 Å². The molecular weight excluding hydrogens is 400 g/mol. The van der Waals surface area contributed by atoms with Gasteiger partial charge in [-0.25, -0.2) is 4.98 Å². The first-order valence-electron chi connectivity index (χ1n) is 11.9. The second-order valence-electron chi connectivity index (χ2n) is 9.04. The molecular formula is C26H30N4O2. The summed E-state index contributed by atoms with van der Waals surface area (Å²) in [4.78, 5) is 4.85. The van der Waals surface area contributed by atoms with Crippen LogP contribution in [0.25, 0.3) is 22.2 Å². The lowest BCUT2D eigenvalue weighted by atomic mass is 10.0. The minimum absolute atomic E-state index is 0.186. The summed E-state index contributed by atoms with van der Waals surface area (Å²) in [6.45, 7) is 2.24. The van der Waals surface area contributed by atoms with Crippen LogP contribution in [0.15, 0.2) is 36.5 Å². The molecule has 2 aromatic heterocycles. The van der Waals surface area contributed by atoms with Crippen molar-refractivity contribution in [3.05, 3.63) is 42.1 Å². The van der Waals surface area contributed by atoms with Crippen molar-refractivity contribution >= 4 is 11.0 Å². The van der Waals surface area contributed by atoms with E-state index in [2.05, 4.69) is 17.2 Å². The summed E-state index contributed by atoms with van der Waals surface area (Å²) in [5.41, 5.74) is 4.41. The molecule has 166 valence electrons. The quantitative estimate of drug-likeness (QED) is 0.495. The van der Waals surface area contributed by atoms with Crippen molar-refractivity contribution in [1.29, 1.82) is 5.26 Å². The molecule has 1 aliphatic heterocycles. The lowest BCUT2D eigenvalue weighted by Gasteiger charge is -2.21. The third-order valence-electron chi connectivity index (χ3n) is 6.53. The smallest absolute Gasteiger partial charge is 0.222 e. The van der Waals surface area contributed by atoms with Gasteiger partial charge in [-0.05, 0) is 48.9 Å². The standard InChI is InChI=1S/C26H30N4O2/c27-16-20-8-10-21(11-9-20)23-15-25-24(29-26(23)32-14-12-19-6-7-19)17-28-30(25)18-22-5-3-1-2-4-13-31-22/h8-11,15,17,19,22H,1-7,12-14,18H2. The highest BCUT2D eigenvalue weighted by Crippen LogP contribution is 2.35. The third kappa shape index (κ3) is 4.94. The Bertz CT molecular complexity index is 1090. The maximum absolute atomic E-state index is 9.16. The molecule has 6 heteroatoms. The predicted molar refractivity (Wildman–Crippen MR) is 123 cm³/mol. The Labute approximate surface area is 189 Å². The second-order valence-corrected chi connectivity index (χ2v) is 9.04. The van der Waals surface area contributed by atoms with Gasteiger partial charge in [0.15, 0.2) is 0 Å². The maximum atomic E-state index is 9.16. The van der Waals surface area contributed by atoms with E-state index in [1.807, 2.05) is 35.1 Å². The Morgan fingerprint density at radius 1 is 1.09 bits per heavy atom. The van der Waals surface area contributed by atoms with Crippen LogP contribution in [0.2, 0.25) is 0 Å². The number of aromatic nitrogens is 3. The molecule has 1 aliphatic carbocycles. The van der Waals surface area contributed by atoms with Gasteiger partial charge < -0.3 is 9.47 Å². The highest BCUT2D eigenvalue weighted by molar-refractivity contribution is 5.83. The van der Waals surface area contributed by atoms with Crippen LogP contribution < -0.4 is 4.74 Å². The maximum Gasteiger partial charge on any atom is 0.222 e. The van der Waals surface area contributed by atoms with Crippen LogP contribution >= 0.6 is 0 Å². The van der Waals surface area contributed by atoms with Crippen molar-refractivity contribution in [3.8, 4) is 23.1 Å². The molecule has 3 heterocycles. The van der Waals surface area contributed by atoms with E-state index in [9.17, 15) is 0 Å². The third-order valence-corrected chi connectivity index (χ3v) is 6.53. The zero-order chi connectivity index (χ0) is 21.8. The number of hydrogen-bond acceptors (Lipinski definition) is 5. The van der Waals surface area contributed by atoms with Crippen LogP contribution in [0.3, 0.4) is 0 Å². The average molecular weight is 431 g/mol. The summed E-state index contributed by atoms with van der Waals surface area (Å²) in [6, 6.07) is 11.9. The number of ether oxygens (including phenoxy) is 2. The highest BCUT2D eigenvalue weighted by atomic mass is 16.5. The minimum atomic E-state index is 0.186. The number of rotatable bonds is 7. The van der Waals surface area contributed by atoms with Gasteiger partial charge in [0.1, 0.15) is 5.52 Å². The molecule has 1 saturated carbocycles. The molecule has 2 fully saturated rings. The summed E-state index contributed by atoms with van der Waals surface area (Å²) in [6.07, 6.45) is 11.7. The van der Waals surface area contributed by atoms with Crippen molar-refractivity contribution in [2.45, 2.75) is 64.0 Å². The number of hydrogen-bond donors (Lipinski definition) is 0. The lowest BCUT2D eigenvalue weighted by molar-refractivity contribution is 0.0233. The van der Waals surface area contributed by atoms with E-state index in [1.165, 1.54) is 32.1 Å². The molecule has 2 aliphatic rings. The first kappa shape index (κ1) is 21.0. The Morgan fingerprint density at radius 3 is 2.75 bits per heavy atom. The van der Waals surface area contributed by atoms with Gasteiger partial charge in [0.05, 0.1) is 42.6 Å². The van der Waals surface area contributed by atoms with E-state index >= 15 is 0 Å². The van der Waals surface area contributed by atoms with Gasteiger partial charge in [0.25, 0.3) is 0 Å². The van der Waals surface area contributed by atoms with Crippen LogP contribution in [-0.4, -0.2) is 34.1 Å². The van der Waals surface area contributed by atoms with Crippen LogP contribution in [0, 0.1) is 17.2 Å². The fourth-order valence-electron chi connectivity index (χ4n) is 4.40. The molecule has 0 amide bonds. The molecule has 5 rings (SSSR count). The first-order chi connectivity index (χ1) is 15.8. The van der Waals surface area contributed by atoms with E-state index in [0.717, 1.165) is 60.5 Å². The number of nitrogens with zero attached hydrogens (tertiary/aromatic N) is 4. The monoisotopic (exact) mass is 430 g/mol. The number of pyridine rings is 1. The SMILES string of the molecule is N#Cc1ccc(-c2cc3c(cnn3CC3CCCCCCO3)nc2OCCC2CC2)cc1. The summed E-state index contributed by atoms with van der Waals surface area (Å²) in [5.74, 6) is 1.45. The normalized spacial score (nSPS) is 19.3. The van der Waals surface area contributed by atoms with Crippen molar-refractivity contribution in [1.82, 2.24) is 14.8 Å². The Kier molecular flexibility index (Phi) is 6.36. The molecule has 0 spiro atoms. The van der Waals surface area contributed by atoms with Crippen molar-refractivity contribution in [2.24, 2.45) is 5.92 Å². The molecule has 32 heavy (non-hydrogen) atoms. The van der Waals surface area contributed by atoms with Crippen LogP contribution in [0.1, 0.15) is 56.9 Å². The van der Waals surface area contributed by atoms with Gasteiger partial charge in [-0.3, -0.25) is 4.68 Å². The molecule has 1 unspecified atom stereocenters. The molecule has 1 aromatic carbocycles. The van der Waals surface area contributed by atoms with Crippen LogP contribution in [0.4, 0.5) is 0 Å². The molecule has 0 radical (unpaired) electrons. The molecule has 0 bridgehead atoms. The summed E-state index contributed by atoms with van der Waals surface area (Å²) in [7, 11) is 0. The number of benzene rings is 1. The Balaban J connectivity index is 1.45. The van der Waals surface area contributed by atoms with Gasteiger partial charge in [-0.15, -0.1) is 0 Å². The lowest BCUT2D eigenvalue weighted by Crippen LogP contribution is -2.22. The molecule has 6 nitrogen and oxygen atoms in total. The fraction of sp³-hybridized carbons (Fsp3) is 0.500. The topological polar surface area (TPSA) is 73.0 Å². The van der Waals surface area contributed by atoms with E-state index in [-0.39, 0.29) is 6.10 Å². The van der Waals surface area contributed by atoms with Gasteiger partial charge >= 0.3 is 0 Å². The number of nitriles is 1. The van der Waals surface area contributed by atoms with Crippen LogP contribution in [0.5, 0.6) is 5.88 Å². The zero-order valence-electron chi connectivity index (χ0n) is 18.5.